The fraction of sp³-hybridized carbons (Fsp3) is 0.130. The SMILES string of the molecule is COC(=O)c1c(C(=O)OCc2ccccc2)ccnc1C(=O)OCc1ccccc1. The Hall–Kier alpha value is -4.00. The van der Waals surface area contributed by atoms with Gasteiger partial charge >= 0.3 is 17.9 Å². The predicted octanol–water partition coefficient (Wildman–Crippen LogP) is 3.58. The normalized spacial score (nSPS) is 10.2. The standard InChI is InChI=1S/C23H19NO6/c1-28-22(26)19-18(21(25)29-14-16-8-4-2-5-9-16)12-13-24-20(19)23(27)30-15-17-10-6-3-7-11-17/h2-13H,14-15H2,1H3. The van der Waals surface area contributed by atoms with Gasteiger partial charge in [0.25, 0.3) is 0 Å². The molecule has 3 aromatic rings. The Bertz CT molecular complexity index is 960. The molecule has 2 aromatic carbocycles. The van der Waals surface area contributed by atoms with Gasteiger partial charge in [-0.25, -0.2) is 19.4 Å². The lowest BCUT2D eigenvalue weighted by atomic mass is 10.1. The minimum absolute atomic E-state index is 0.00928. The molecule has 0 bridgehead atoms. The maximum atomic E-state index is 12.6. The van der Waals surface area contributed by atoms with E-state index >= 15 is 0 Å². The number of benzene rings is 2. The van der Waals surface area contributed by atoms with Gasteiger partial charge in [-0.05, 0) is 17.2 Å². The average molecular weight is 405 g/mol. The van der Waals surface area contributed by atoms with Crippen LogP contribution in [-0.2, 0) is 27.4 Å². The highest BCUT2D eigenvalue weighted by Crippen LogP contribution is 2.18. The second-order valence-corrected chi connectivity index (χ2v) is 6.20. The number of hydrogen-bond acceptors (Lipinski definition) is 7. The Labute approximate surface area is 173 Å². The minimum atomic E-state index is -0.888. The van der Waals surface area contributed by atoms with Crippen LogP contribution in [0.3, 0.4) is 0 Å². The first kappa shape index (κ1) is 20.7. The molecule has 1 heterocycles. The number of esters is 3. The quantitative estimate of drug-likeness (QED) is 0.438. The number of aromatic nitrogens is 1. The van der Waals surface area contributed by atoms with Crippen molar-refractivity contribution in [1.29, 1.82) is 0 Å². The highest BCUT2D eigenvalue weighted by Gasteiger charge is 2.28. The Morgan fingerprint density at radius 2 is 1.27 bits per heavy atom. The van der Waals surface area contributed by atoms with Gasteiger partial charge in [-0.15, -0.1) is 0 Å². The largest absolute Gasteiger partial charge is 0.465 e. The van der Waals surface area contributed by atoms with Crippen LogP contribution >= 0.6 is 0 Å². The summed E-state index contributed by atoms with van der Waals surface area (Å²) >= 11 is 0. The van der Waals surface area contributed by atoms with E-state index in [2.05, 4.69) is 4.98 Å². The molecule has 7 nitrogen and oxygen atoms in total. The lowest BCUT2D eigenvalue weighted by Gasteiger charge is -2.12. The van der Waals surface area contributed by atoms with Crippen molar-refractivity contribution in [3.8, 4) is 0 Å². The molecule has 0 fully saturated rings. The summed E-state index contributed by atoms with van der Waals surface area (Å²) in [6.07, 6.45) is 1.24. The maximum Gasteiger partial charge on any atom is 0.358 e. The zero-order chi connectivity index (χ0) is 21.3. The van der Waals surface area contributed by atoms with Crippen molar-refractivity contribution in [2.75, 3.05) is 7.11 Å². The molecule has 7 heteroatoms. The number of nitrogens with zero attached hydrogens (tertiary/aromatic N) is 1. The molecule has 0 aliphatic rings. The van der Waals surface area contributed by atoms with Crippen LogP contribution in [0.1, 0.15) is 42.3 Å². The van der Waals surface area contributed by atoms with Crippen LogP contribution in [0.25, 0.3) is 0 Å². The van der Waals surface area contributed by atoms with E-state index in [1.165, 1.54) is 12.3 Å². The van der Waals surface area contributed by atoms with E-state index in [4.69, 9.17) is 14.2 Å². The molecule has 0 saturated heterocycles. The molecule has 0 aliphatic carbocycles. The molecule has 0 saturated carbocycles. The van der Waals surface area contributed by atoms with E-state index in [1.807, 2.05) is 36.4 Å². The molecule has 0 radical (unpaired) electrons. The zero-order valence-electron chi connectivity index (χ0n) is 16.2. The van der Waals surface area contributed by atoms with Gasteiger partial charge in [-0.3, -0.25) is 0 Å². The van der Waals surface area contributed by atoms with Crippen LogP contribution < -0.4 is 0 Å². The van der Waals surface area contributed by atoms with Crippen molar-refractivity contribution in [3.05, 3.63) is 101 Å². The highest BCUT2D eigenvalue weighted by atomic mass is 16.5. The predicted molar refractivity (Wildman–Crippen MR) is 107 cm³/mol. The lowest BCUT2D eigenvalue weighted by molar-refractivity contribution is 0.0437. The molecule has 0 spiro atoms. The van der Waals surface area contributed by atoms with Gasteiger partial charge in [-0.1, -0.05) is 60.7 Å². The van der Waals surface area contributed by atoms with Gasteiger partial charge in [0.05, 0.1) is 12.7 Å². The van der Waals surface area contributed by atoms with Crippen molar-refractivity contribution < 1.29 is 28.6 Å². The van der Waals surface area contributed by atoms with Gasteiger partial charge in [0.2, 0.25) is 0 Å². The molecule has 0 atom stereocenters. The first-order valence-corrected chi connectivity index (χ1v) is 9.09. The molecule has 152 valence electrons. The fourth-order valence-electron chi connectivity index (χ4n) is 2.69. The third-order valence-corrected chi connectivity index (χ3v) is 4.18. The van der Waals surface area contributed by atoms with Crippen LogP contribution in [0.15, 0.2) is 72.9 Å². The van der Waals surface area contributed by atoms with Gasteiger partial charge < -0.3 is 14.2 Å². The Morgan fingerprint density at radius 3 is 1.80 bits per heavy atom. The average Bonchev–Trinajstić information content (AvgIpc) is 2.81. The molecule has 30 heavy (non-hydrogen) atoms. The van der Waals surface area contributed by atoms with E-state index in [-0.39, 0.29) is 30.0 Å². The van der Waals surface area contributed by atoms with Crippen LogP contribution in [-0.4, -0.2) is 30.0 Å². The topological polar surface area (TPSA) is 91.8 Å². The highest BCUT2D eigenvalue weighted by molar-refractivity contribution is 6.09. The van der Waals surface area contributed by atoms with Crippen molar-refractivity contribution in [3.63, 3.8) is 0 Å². The first-order valence-electron chi connectivity index (χ1n) is 9.09. The molecule has 0 unspecified atom stereocenters. The summed E-state index contributed by atoms with van der Waals surface area (Å²) in [7, 11) is 1.15. The monoisotopic (exact) mass is 405 g/mol. The van der Waals surface area contributed by atoms with Gasteiger partial charge in [0.1, 0.15) is 18.8 Å². The molecule has 1 aromatic heterocycles. The molecular formula is C23H19NO6. The number of ether oxygens (including phenoxy) is 3. The Morgan fingerprint density at radius 1 is 0.733 bits per heavy atom. The second-order valence-electron chi connectivity index (χ2n) is 6.20. The lowest BCUT2D eigenvalue weighted by Crippen LogP contribution is -2.20. The molecular weight excluding hydrogens is 386 g/mol. The van der Waals surface area contributed by atoms with E-state index in [0.29, 0.717) is 0 Å². The van der Waals surface area contributed by atoms with Gasteiger partial charge in [-0.2, -0.15) is 0 Å². The molecule has 0 amide bonds. The number of methoxy groups -OCH3 is 1. The van der Waals surface area contributed by atoms with Crippen molar-refractivity contribution in [1.82, 2.24) is 4.98 Å². The van der Waals surface area contributed by atoms with Crippen molar-refractivity contribution in [2.24, 2.45) is 0 Å². The Balaban J connectivity index is 1.82. The van der Waals surface area contributed by atoms with E-state index in [1.54, 1.807) is 24.3 Å². The smallest absolute Gasteiger partial charge is 0.358 e. The summed E-state index contributed by atoms with van der Waals surface area (Å²) in [5.74, 6) is -2.52. The van der Waals surface area contributed by atoms with Gasteiger partial charge in [0, 0.05) is 6.20 Å². The van der Waals surface area contributed by atoms with Crippen LogP contribution in [0.5, 0.6) is 0 Å². The number of carbonyl (C=O) groups is 3. The summed E-state index contributed by atoms with van der Waals surface area (Å²) in [4.78, 5) is 41.4. The Kier molecular flexibility index (Phi) is 6.89. The summed E-state index contributed by atoms with van der Waals surface area (Å²) < 4.78 is 15.3. The fourth-order valence-corrected chi connectivity index (χ4v) is 2.69. The van der Waals surface area contributed by atoms with Gasteiger partial charge in [0.15, 0.2) is 5.69 Å². The molecule has 0 N–H and O–H groups in total. The third-order valence-electron chi connectivity index (χ3n) is 4.18. The first-order chi connectivity index (χ1) is 14.6. The van der Waals surface area contributed by atoms with E-state index in [9.17, 15) is 14.4 Å². The van der Waals surface area contributed by atoms with Crippen molar-refractivity contribution >= 4 is 17.9 Å². The maximum absolute atomic E-state index is 12.6. The second kappa shape index (κ2) is 9.97. The third kappa shape index (κ3) is 5.08. The number of carbonyl (C=O) groups excluding carboxylic acids is 3. The summed E-state index contributed by atoms with van der Waals surface area (Å²) in [5.41, 5.74) is 0.813. The number of hydrogen-bond donors (Lipinski definition) is 0. The van der Waals surface area contributed by atoms with Crippen LogP contribution in [0.4, 0.5) is 0 Å². The van der Waals surface area contributed by atoms with Crippen LogP contribution in [0.2, 0.25) is 0 Å². The van der Waals surface area contributed by atoms with Crippen LogP contribution in [0, 0.1) is 0 Å². The summed E-state index contributed by atoms with van der Waals surface area (Å²) in [6, 6.07) is 19.4. The molecule has 0 aliphatic heterocycles. The van der Waals surface area contributed by atoms with Crippen molar-refractivity contribution in [2.45, 2.75) is 13.2 Å². The molecule has 3 rings (SSSR count). The number of pyridine rings is 1. The minimum Gasteiger partial charge on any atom is -0.465 e. The summed E-state index contributed by atoms with van der Waals surface area (Å²) in [5, 5.41) is 0. The zero-order valence-corrected chi connectivity index (χ0v) is 16.2. The number of rotatable bonds is 7. The van der Waals surface area contributed by atoms with E-state index in [0.717, 1.165) is 18.2 Å². The van der Waals surface area contributed by atoms with E-state index < -0.39 is 17.9 Å². The summed E-state index contributed by atoms with van der Waals surface area (Å²) in [6.45, 7) is 0.00103.